The summed E-state index contributed by atoms with van der Waals surface area (Å²) in [5.41, 5.74) is 2.62. The van der Waals surface area contributed by atoms with Crippen LogP contribution in [0.1, 0.15) is 60.5 Å². The molecule has 2 aromatic heterocycles. The minimum absolute atomic E-state index is 0.0754. The molecular formula is C18H20N6O2. The molecule has 4 rings (SSSR count). The molecule has 0 unspecified atom stereocenters. The molecule has 134 valence electrons. The second kappa shape index (κ2) is 6.36. The highest BCUT2D eigenvalue weighted by Crippen LogP contribution is 2.36. The predicted octanol–water partition coefficient (Wildman–Crippen LogP) is 3.35. The third-order valence-corrected chi connectivity index (χ3v) is 4.40. The molecule has 1 aromatic carbocycles. The van der Waals surface area contributed by atoms with Gasteiger partial charge in [0, 0.05) is 17.2 Å². The van der Waals surface area contributed by atoms with E-state index in [1.807, 2.05) is 42.8 Å². The topological polar surface area (TPSA) is 98.7 Å². The average Bonchev–Trinajstić information content (AvgIpc) is 3.19. The minimum atomic E-state index is -0.230. The quantitative estimate of drug-likeness (QED) is 0.756. The van der Waals surface area contributed by atoms with Crippen molar-refractivity contribution in [1.82, 2.24) is 25.4 Å². The number of hydrogen-bond acceptors (Lipinski definition) is 6. The number of rotatable bonds is 5. The number of carbonyl (C=O) groups is 1. The fraction of sp³-hybridized carbons (Fsp3) is 0.389. The van der Waals surface area contributed by atoms with Crippen LogP contribution in [0.4, 0.5) is 5.69 Å². The molecule has 1 aliphatic rings. The Balaban J connectivity index is 1.61. The fourth-order valence-electron chi connectivity index (χ4n) is 2.94. The second-order valence-electron chi connectivity index (χ2n) is 6.88. The van der Waals surface area contributed by atoms with Crippen LogP contribution in [0, 0.1) is 6.92 Å². The Kier molecular flexibility index (Phi) is 4.02. The molecule has 0 radical (unpaired) electrons. The first-order valence-corrected chi connectivity index (χ1v) is 8.70. The van der Waals surface area contributed by atoms with Gasteiger partial charge in [-0.2, -0.15) is 0 Å². The Morgan fingerprint density at radius 1 is 1.35 bits per heavy atom. The van der Waals surface area contributed by atoms with E-state index in [2.05, 4.69) is 26.0 Å². The molecule has 0 saturated heterocycles. The summed E-state index contributed by atoms with van der Waals surface area (Å²) in [5.74, 6) is 1.15. The monoisotopic (exact) mass is 352 g/mol. The van der Waals surface area contributed by atoms with Gasteiger partial charge in [0.2, 0.25) is 0 Å². The lowest BCUT2D eigenvalue weighted by Crippen LogP contribution is -2.15. The third kappa shape index (κ3) is 2.98. The van der Waals surface area contributed by atoms with Gasteiger partial charge in [-0.1, -0.05) is 31.1 Å². The van der Waals surface area contributed by atoms with Gasteiger partial charge in [-0.15, -0.1) is 5.10 Å². The number of tetrazole rings is 1. The van der Waals surface area contributed by atoms with Gasteiger partial charge in [0.15, 0.2) is 11.6 Å². The Bertz CT molecular complexity index is 954. The molecule has 1 aliphatic carbocycles. The van der Waals surface area contributed by atoms with E-state index >= 15 is 0 Å². The molecule has 0 bridgehead atoms. The Morgan fingerprint density at radius 2 is 2.15 bits per heavy atom. The second-order valence-corrected chi connectivity index (χ2v) is 6.88. The van der Waals surface area contributed by atoms with Crippen molar-refractivity contribution in [2.24, 2.45) is 0 Å². The van der Waals surface area contributed by atoms with Crippen LogP contribution in [0.15, 0.2) is 28.8 Å². The largest absolute Gasteiger partial charge is 0.360 e. The van der Waals surface area contributed by atoms with Gasteiger partial charge in [-0.05, 0) is 42.3 Å². The lowest BCUT2D eigenvalue weighted by molar-refractivity contribution is 0.102. The summed E-state index contributed by atoms with van der Waals surface area (Å²) in [6, 6.07) is 7.90. The third-order valence-electron chi connectivity index (χ3n) is 4.40. The highest BCUT2D eigenvalue weighted by molar-refractivity contribution is 6.06. The molecule has 8 heteroatoms. The molecule has 0 atom stereocenters. The maximum Gasteiger partial charge on any atom is 0.261 e. The molecule has 0 aliphatic heterocycles. The van der Waals surface area contributed by atoms with Crippen LogP contribution in [0.3, 0.4) is 0 Å². The number of carbonyl (C=O) groups excluding carboxylic acids is 1. The molecule has 0 spiro atoms. The van der Waals surface area contributed by atoms with E-state index in [0.717, 1.165) is 18.4 Å². The molecule has 26 heavy (non-hydrogen) atoms. The number of aromatic nitrogens is 5. The summed E-state index contributed by atoms with van der Waals surface area (Å²) >= 11 is 0. The fourth-order valence-corrected chi connectivity index (χ4v) is 2.94. The average molecular weight is 352 g/mol. The minimum Gasteiger partial charge on any atom is -0.360 e. The summed E-state index contributed by atoms with van der Waals surface area (Å²) in [6.07, 6.45) is 2.19. The Hall–Kier alpha value is -3.03. The van der Waals surface area contributed by atoms with Crippen LogP contribution in [-0.2, 0) is 0 Å². The van der Waals surface area contributed by atoms with Crippen molar-refractivity contribution in [2.45, 2.75) is 45.6 Å². The lowest BCUT2D eigenvalue weighted by atomic mass is 10.0. The number of aryl methyl sites for hydroxylation is 1. The summed E-state index contributed by atoms with van der Waals surface area (Å²) in [4.78, 5) is 12.7. The molecule has 1 saturated carbocycles. The van der Waals surface area contributed by atoms with Gasteiger partial charge in [-0.3, -0.25) is 4.79 Å². The van der Waals surface area contributed by atoms with Crippen LogP contribution >= 0.6 is 0 Å². The van der Waals surface area contributed by atoms with Gasteiger partial charge >= 0.3 is 0 Å². The van der Waals surface area contributed by atoms with Crippen molar-refractivity contribution in [1.29, 1.82) is 0 Å². The first-order valence-electron chi connectivity index (χ1n) is 8.70. The van der Waals surface area contributed by atoms with E-state index in [1.54, 1.807) is 6.92 Å². The summed E-state index contributed by atoms with van der Waals surface area (Å²) in [6.45, 7) is 5.70. The molecule has 1 fully saturated rings. The van der Waals surface area contributed by atoms with Crippen molar-refractivity contribution < 1.29 is 9.32 Å². The number of amides is 1. The number of anilines is 1. The van der Waals surface area contributed by atoms with Crippen molar-refractivity contribution in [2.75, 3.05) is 5.32 Å². The summed E-state index contributed by atoms with van der Waals surface area (Å²) < 4.78 is 7.16. The van der Waals surface area contributed by atoms with Crippen molar-refractivity contribution in [3.8, 4) is 11.4 Å². The number of nitrogens with zero attached hydrogens (tertiary/aromatic N) is 5. The number of hydrogen-bond donors (Lipinski definition) is 1. The maximum atomic E-state index is 12.7. The Labute approximate surface area is 150 Å². The highest BCUT2D eigenvalue weighted by Gasteiger charge is 2.28. The van der Waals surface area contributed by atoms with E-state index < -0.39 is 0 Å². The molecule has 8 nitrogen and oxygen atoms in total. The van der Waals surface area contributed by atoms with E-state index in [4.69, 9.17) is 4.52 Å². The summed E-state index contributed by atoms with van der Waals surface area (Å²) in [5, 5.41) is 18.9. The van der Waals surface area contributed by atoms with Crippen LogP contribution in [0.2, 0.25) is 0 Å². The van der Waals surface area contributed by atoms with Gasteiger partial charge in [0.05, 0.1) is 11.7 Å². The van der Waals surface area contributed by atoms with Crippen molar-refractivity contribution in [3.63, 3.8) is 0 Å². The van der Waals surface area contributed by atoms with E-state index in [9.17, 15) is 4.79 Å². The highest BCUT2D eigenvalue weighted by atomic mass is 16.5. The standard InChI is InChI=1S/C18H20N6O2/c1-10(2)16-15(11(3)21-26-16)18(25)19-13-6-4-5-12(9-13)17-20-22-23-24(17)14-7-8-14/h4-6,9-10,14H,7-8H2,1-3H3,(H,19,25). The van der Waals surface area contributed by atoms with Gasteiger partial charge in [0.25, 0.3) is 5.91 Å². The van der Waals surface area contributed by atoms with Crippen LogP contribution in [0.5, 0.6) is 0 Å². The van der Waals surface area contributed by atoms with E-state index in [-0.39, 0.29) is 11.8 Å². The van der Waals surface area contributed by atoms with Crippen LogP contribution in [0.25, 0.3) is 11.4 Å². The van der Waals surface area contributed by atoms with Crippen molar-refractivity contribution >= 4 is 11.6 Å². The SMILES string of the molecule is Cc1noc(C(C)C)c1C(=O)Nc1cccc(-c2nnnn2C2CC2)c1. The zero-order valence-electron chi connectivity index (χ0n) is 14.9. The first kappa shape index (κ1) is 16.4. The van der Waals surface area contributed by atoms with E-state index in [0.29, 0.717) is 34.6 Å². The zero-order chi connectivity index (χ0) is 18.3. The normalized spacial score (nSPS) is 14.0. The van der Waals surface area contributed by atoms with E-state index in [1.165, 1.54) is 0 Å². The van der Waals surface area contributed by atoms with Crippen LogP contribution < -0.4 is 5.32 Å². The zero-order valence-corrected chi connectivity index (χ0v) is 14.9. The molecule has 1 N–H and O–H groups in total. The van der Waals surface area contributed by atoms with Crippen molar-refractivity contribution in [3.05, 3.63) is 41.3 Å². The van der Waals surface area contributed by atoms with Gasteiger partial charge in [0.1, 0.15) is 5.56 Å². The molecule has 3 aromatic rings. The molecular weight excluding hydrogens is 332 g/mol. The van der Waals surface area contributed by atoms with Crippen LogP contribution in [-0.4, -0.2) is 31.3 Å². The predicted molar refractivity (Wildman–Crippen MR) is 94.8 cm³/mol. The maximum absolute atomic E-state index is 12.7. The molecule has 1 amide bonds. The Morgan fingerprint density at radius 3 is 2.88 bits per heavy atom. The molecule has 2 heterocycles. The first-order chi connectivity index (χ1) is 12.5. The number of benzene rings is 1. The number of nitrogens with one attached hydrogen (secondary N) is 1. The lowest BCUT2D eigenvalue weighted by Gasteiger charge is -2.09. The smallest absolute Gasteiger partial charge is 0.261 e. The van der Waals surface area contributed by atoms with Gasteiger partial charge < -0.3 is 9.84 Å². The van der Waals surface area contributed by atoms with Gasteiger partial charge in [-0.25, -0.2) is 4.68 Å². The summed E-state index contributed by atoms with van der Waals surface area (Å²) in [7, 11) is 0.